The number of nitrogens with zero attached hydrogens (tertiary/aromatic N) is 2. The molecule has 0 saturated heterocycles. The standard InChI is InChI=1S/C13H18N2O2/c1-3-10-5-6-12(17-10)11(16)9-13-14-7-8-15(13)4-2/h5-8,11,16H,3-4,9H2,1-2H3. The molecule has 1 unspecified atom stereocenters. The van der Waals surface area contributed by atoms with Crippen LogP contribution in [0.2, 0.25) is 0 Å². The summed E-state index contributed by atoms with van der Waals surface area (Å²) in [5.41, 5.74) is 0. The highest BCUT2D eigenvalue weighted by Gasteiger charge is 2.15. The van der Waals surface area contributed by atoms with Crippen molar-refractivity contribution >= 4 is 0 Å². The summed E-state index contributed by atoms with van der Waals surface area (Å²) in [5, 5.41) is 10.1. The van der Waals surface area contributed by atoms with Gasteiger partial charge in [-0.3, -0.25) is 0 Å². The van der Waals surface area contributed by atoms with Crippen LogP contribution in [0.25, 0.3) is 0 Å². The first kappa shape index (κ1) is 11.9. The lowest BCUT2D eigenvalue weighted by molar-refractivity contribution is 0.145. The summed E-state index contributed by atoms with van der Waals surface area (Å²) >= 11 is 0. The predicted octanol–water partition coefficient (Wildman–Crippen LogP) is 2.33. The van der Waals surface area contributed by atoms with Gasteiger partial charge >= 0.3 is 0 Å². The molecule has 2 rings (SSSR count). The van der Waals surface area contributed by atoms with Gasteiger partial charge in [-0.2, -0.15) is 0 Å². The van der Waals surface area contributed by atoms with Crippen LogP contribution in [0.5, 0.6) is 0 Å². The molecule has 17 heavy (non-hydrogen) atoms. The van der Waals surface area contributed by atoms with E-state index in [0.29, 0.717) is 12.2 Å². The fraction of sp³-hybridized carbons (Fsp3) is 0.462. The van der Waals surface area contributed by atoms with E-state index in [4.69, 9.17) is 4.42 Å². The van der Waals surface area contributed by atoms with Gasteiger partial charge in [0.2, 0.25) is 0 Å². The van der Waals surface area contributed by atoms with Crippen LogP contribution in [0.4, 0.5) is 0 Å². The third-order valence-electron chi connectivity index (χ3n) is 2.88. The summed E-state index contributed by atoms with van der Waals surface area (Å²) in [5.74, 6) is 2.40. The molecule has 0 fully saturated rings. The second-order valence-corrected chi connectivity index (χ2v) is 4.01. The zero-order valence-corrected chi connectivity index (χ0v) is 10.3. The Morgan fingerprint density at radius 1 is 1.41 bits per heavy atom. The zero-order chi connectivity index (χ0) is 12.3. The van der Waals surface area contributed by atoms with E-state index in [0.717, 1.165) is 24.6 Å². The first-order valence-corrected chi connectivity index (χ1v) is 6.01. The lowest BCUT2D eigenvalue weighted by Gasteiger charge is -2.09. The van der Waals surface area contributed by atoms with Crippen LogP contribution in [0, 0.1) is 0 Å². The van der Waals surface area contributed by atoms with Crippen LogP contribution < -0.4 is 0 Å². The molecule has 92 valence electrons. The Balaban J connectivity index is 2.08. The van der Waals surface area contributed by atoms with E-state index in [1.165, 1.54) is 0 Å². The van der Waals surface area contributed by atoms with E-state index < -0.39 is 6.10 Å². The van der Waals surface area contributed by atoms with Crippen molar-refractivity contribution in [2.24, 2.45) is 0 Å². The average molecular weight is 234 g/mol. The summed E-state index contributed by atoms with van der Waals surface area (Å²) in [7, 11) is 0. The molecule has 1 N–H and O–H groups in total. The number of hydrogen-bond acceptors (Lipinski definition) is 3. The fourth-order valence-electron chi connectivity index (χ4n) is 1.86. The maximum absolute atomic E-state index is 10.1. The van der Waals surface area contributed by atoms with Crippen molar-refractivity contribution in [3.05, 3.63) is 41.9 Å². The van der Waals surface area contributed by atoms with Crippen molar-refractivity contribution in [1.29, 1.82) is 0 Å². The SMILES string of the molecule is CCc1ccc(C(O)Cc2nccn2CC)o1. The molecule has 0 aliphatic carbocycles. The van der Waals surface area contributed by atoms with Gasteiger partial charge in [0.1, 0.15) is 23.4 Å². The quantitative estimate of drug-likeness (QED) is 0.863. The third-order valence-corrected chi connectivity index (χ3v) is 2.88. The number of aryl methyl sites for hydroxylation is 2. The van der Waals surface area contributed by atoms with Gasteiger partial charge in [-0.1, -0.05) is 6.92 Å². The van der Waals surface area contributed by atoms with Crippen molar-refractivity contribution in [2.75, 3.05) is 0 Å². The Morgan fingerprint density at radius 2 is 2.24 bits per heavy atom. The molecule has 0 aliphatic heterocycles. The van der Waals surface area contributed by atoms with Gasteiger partial charge in [0.15, 0.2) is 0 Å². The topological polar surface area (TPSA) is 51.2 Å². The van der Waals surface area contributed by atoms with Crippen LogP contribution in [-0.4, -0.2) is 14.7 Å². The Kier molecular flexibility index (Phi) is 3.64. The molecule has 2 aromatic heterocycles. The average Bonchev–Trinajstić information content (AvgIpc) is 2.96. The van der Waals surface area contributed by atoms with Gasteiger partial charge in [0.25, 0.3) is 0 Å². The van der Waals surface area contributed by atoms with Gasteiger partial charge in [-0.15, -0.1) is 0 Å². The molecule has 2 aromatic rings. The number of furan rings is 1. The smallest absolute Gasteiger partial charge is 0.133 e. The molecular formula is C13H18N2O2. The molecular weight excluding hydrogens is 216 g/mol. The Bertz CT molecular complexity index is 473. The van der Waals surface area contributed by atoms with Crippen molar-refractivity contribution in [1.82, 2.24) is 9.55 Å². The highest BCUT2D eigenvalue weighted by atomic mass is 16.4. The molecule has 0 radical (unpaired) electrons. The number of rotatable bonds is 5. The Labute approximate surface area is 101 Å². The minimum absolute atomic E-state index is 0.484. The first-order valence-electron chi connectivity index (χ1n) is 6.01. The number of aliphatic hydroxyl groups is 1. The van der Waals surface area contributed by atoms with E-state index in [9.17, 15) is 5.11 Å². The summed E-state index contributed by atoms with van der Waals surface area (Å²) in [6.07, 6.45) is 4.38. The van der Waals surface area contributed by atoms with Crippen molar-refractivity contribution in [2.45, 2.75) is 39.3 Å². The summed E-state index contributed by atoms with van der Waals surface area (Å²) in [4.78, 5) is 4.24. The van der Waals surface area contributed by atoms with Crippen LogP contribution in [0.3, 0.4) is 0 Å². The highest BCUT2D eigenvalue weighted by molar-refractivity contribution is 5.11. The minimum Gasteiger partial charge on any atom is -0.463 e. The summed E-state index contributed by atoms with van der Waals surface area (Å²) in [6.45, 7) is 4.94. The zero-order valence-electron chi connectivity index (χ0n) is 10.3. The lowest BCUT2D eigenvalue weighted by Crippen LogP contribution is -2.07. The van der Waals surface area contributed by atoms with Crippen LogP contribution in [0.15, 0.2) is 28.9 Å². The fourth-order valence-corrected chi connectivity index (χ4v) is 1.86. The number of aliphatic hydroxyl groups excluding tert-OH is 1. The second-order valence-electron chi connectivity index (χ2n) is 4.01. The second kappa shape index (κ2) is 5.19. The first-order chi connectivity index (χ1) is 8.24. The highest BCUT2D eigenvalue weighted by Crippen LogP contribution is 2.20. The maximum Gasteiger partial charge on any atom is 0.133 e. The molecule has 4 heteroatoms. The van der Waals surface area contributed by atoms with Gasteiger partial charge in [-0.25, -0.2) is 4.98 Å². The van der Waals surface area contributed by atoms with E-state index in [1.54, 1.807) is 6.20 Å². The van der Waals surface area contributed by atoms with Crippen LogP contribution >= 0.6 is 0 Å². The van der Waals surface area contributed by atoms with Crippen molar-refractivity contribution in [3.63, 3.8) is 0 Å². The van der Waals surface area contributed by atoms with Gasteiger partial charge < -0.3 is 14.1 Å². The van der Waals surface area contributed by atoms with E-state index in [2.05, 4.69) is 11.9 Å². The molecule has 1 atom stereocenters. The van der Waals surface area contributed by atoms with Gasteiger partial charge in [0.05, 0.1) is 0 Å². The van der Waals surface area contributed by atoms with Crippen LogP contribution in [0.1, 0.15) is 37.3 Å². The molecule has 2 heterocycles. The molecule has 0 bridgehead atoms. The normalized spacial score (nSPS) is 12.9. The van der Waals surface area contributed by atoms with E-state index >= 15 is 0 Å². The van der Waals surface area contributed by atoms with Gasteiger partial charge in [0, 0.05) is 31.8 Å². The molecule has 4 nitrogen and oxygen atoms in total. The summed E-state index contributed by atoms with van der Waals surface area (Å²) in [6, 6.07) is 3.74. The molecule has 0 saturated carbocycles. The number of hydrogen-bond donors (Lipinski definition) is 1. The Hall–Kier alpha value is -1.55. The molecule has 0 aliphatic rings. The molecule has 0 amide bonds. The monoisotopic (exact) mass is 234 g/mol. The predicted molar refractivity (Wildman–Crippen MR) is 64.7 cm³/mol. The third kappa shape index (κ3) is 2.58. The molecule has 0 aromatic carbocycles. The van der Waals surface area contributed by atoms with E-state index in [1.807, 2.05) is 29.8 Å². The lowest BCUT2D eigenvalue weighted by atomic mass is 10.2. The summed E-state index contributed by atoms with van der Waals surface area (Å²) < 4.78 is 7.55. The van der Waals surface area contributed by atoms with Crippen molar-refractivity contribution in [3.8, 4) is 0 Å². The van der Waals surface area contributed by atoms with Crippen molar-refractivity contribution < 1.29 is 9.52 Å². The number of aromatic nitrogens is 2. The minimum atomic E-state index is -0.622. The number of imidazole rings is 1. The van der Waals surface area contributed by atoms with Gasteiger partial charge in [-0.05, 0) is 19.1 Å². The maximum atomic E-state index is 10.1. The van der Waals surface area contributed by atoms with E-state index in [-0.39, 0.29) is 0 Å². The molecule has 0 spiro atoms. The largest absolute Gasteiger partial charge is 0.463 e. The Morgan fingerprint density at radius 3 is 2.88 bits per heavy atom. The van der Waals surface area contributed by atoms with Crippen LogP contribution in [-0.2, 0) is 19.4 Å².